The van der Waals surface area contributed by atoms with Crippen molar-refractivity contribution in [2.45, 2.75) is 138 Å². The summed E-state index contributed by atoms with van der Waals surface area (Å²) in [5.74, 6) is 0. The summed E-state index contributed by atoms with van der Waals surface area (Å²) in [7, 11) is 0. The summed E-state index contributed by atoms with van der Waals surface area (Å²) in [4.78, 5) is 20.9. The number of hydrogen-bond acceptors (Lipinski definition) is 8. The average molecular weight is 992 g/mol. The minimum Gasteiger partial charge on any atom is -0.301 e. The van der Waals surface area contributed by atoms with Crippen molar-refractivity contribution in [2.24, 2.45) is 21.7 Å². The van der Waals surface area contributed by atoms with Crippen molar-refractivity contribution >= 4 is 0 Å². The van der Waals surface area contributed by atoms with Gasteiger partial charge in [0.25, 0.3) is 0 Å². The fourth-order valence-electron chi connectivity index (χ4n) is 14.0. The van der Waals surface area contributed by atoms with Crippen molar-refractivity contribution in [3.63, 3.8) is 0 Å². The lowest BCUT2D eigenvalue weighted by molar-refractivity contribution is -0.128. The zero-order valence-electron chi connectivity index (χ0n) is 47.1. The van der Waals surface area contributed by atoms with Crippen molar-refractivity contribution in [2.75, 3.05) is 105 Å². The standard InChI is InChI=1S/2C17H26N2.C16H24N2.C15H22N2/c1-15(2)19-10-8-17(9-11-19)13-18(14-17)12-16-6-4-3-5-7-16;1-15(2)19-13-17(14-19)8-10-18(11-9-17)12-16-6-4-3-5-7-16;1-14(2)18-9-8-16(13-18)11-17(12-16)10-15-6-4-3-5-7-15;1-13(2)17-11-15(12-17)9-16(10-15)8-14-6-4-3-5-7-14/h2*3-7,15H,8-14H2,1-2H3;3-7,14H,8-13H2,1-2H3;3-7,13H,8-12H2,1-2H3. The van der Waals surface area contributed by atoms with E-state index >= 15 is 0 Å². The van der Waals surface area contributed by atoms with Gasteiger partial charge >= 0.3 is 0 Å². The van der Waals surface area contributed by atoms with Crippen LogP contribution in [0.5, 0.6) is 0 Å². The van der Waals surface area contributed by atoms with Crippen LogP contribution in [0.2, 0.25) is 0 Å². The highest BCUT2D eigenvalue weighted by atomic mass is 15.3. The molecule has 8 aliphatic heterocycles. The van der Waals surface area contributed by atoms with Crippen LogP contribution < -0.4 is 0 Å². The molecule has 0 N–H and O–H groups in total. The molecule has 8 aliphatic rings. The summed E-state index contributed by atoms with van der Waals surface area (Å²) in [6.07, 6.45) is 6.98. The van der Waals surface area contributed by atoms with Gasteiger partial charge in [0.15, 0.2) is 0 Å². The molecule has 0 bridgehead atoms. The zero-order chi connectivity index (χ0) is 51.1. The van der Waals surface area contributed by atoms with Gasteiger partial charge < -0.3 is 9.80 Å². The van der Waals surface area contributed by atoms with Crippen molar-refractivity contribution in [3.8, 4) is 0 Å². The largest absolute Gasteiger partial charge is 0.301 e. The molecule has 8 saturated heterocycles. The lowest BCUT2D eigenvalue weighted by Gasteiger charge is -2.61. The van der Waals surface area contributed by atoms with E-state index in [1.54, 1.807) is 0 Å². The van der Waals surface area contributed by atoms with Crippen LogP contribution in [-0.2, 0) is 26.2 Å². The quantitative estimate of drug-likeness (QED) is 0.139. The maximum Gasteiger partial charge on any atom is 0.0234 e. The smallest absolute Gasteiger partial charge is 0.0234 e. The number of hydrogen-bond donors (Lipinski definition) is 0. The molecular formula is C65H98N8. The molecule has 8 nitrogen and oxygen atoms in total. The molecule has 4 spiro atoms. The lowest BCUT2D eigenvalue weighted by atomic mass is 9.71. The van der Waals surface area contributed by atoms with Gasteiger partial charge in [0, 0.05) is 133 Å². The van der Waals surface area contributed by atoms with Crippen LogP contribution in [-0.4, -0.2) is 168 Å². The SMILES string of the molecule is CC(C)N1CC2(CCN(Cc3ccccc3)CC2)C1.CC(C)N1CC2(CN(Cc3ccccc3)C2)C1.CC(C)N1CCC2(CC1)CN(Cc1ccccc1)C2.CC(C)N1CCC2(CN(Cc3ccccc3)C2)C1. The summed E-state index contributed by atoms with van der Waals surface area (Å²) in [5, 5.41) is 0. The van der Waals surface area contributed by atoms with Crippen LogP contribution in [0, 0.1) is 21.7 Å². The summed E-state index contributed by atoms with van der Waals surface area (Å²) in [6, 6.07) is 46.3. The number of likely N-dealkylation sites (tertiary alicyclic amines) is 8. The van der Waals surface area contributed by atoms with E-state index in [1.165, 1.54) is 159 Å². The third-order valence-electron chi connectivity index (χ3n) is 18.7. The van der Waals surface area contributed by atoms with E-state index in [0.29, 0.717) is 27.7 Å². The Morgan fingerprint density at radius 2 is 0.534 bits per heavy atom. The Bertz CT molecular complexity index is 2200. The summed E-state index contributed by atoms with van der Waals surface area (Å²) < 4.78 is 0. The predicted octanol–water partition coefficient (Wildman–Crippen LogP) is 10.8. The molecule has 8 heterocycles. The van der Waals surface area contributed by atoms with Gasteiger partial charge in [-0.1, -0.05) is 121 Å². The number of rotatable bonds is 12. The first-order chi connectivity index (χ1) is 35.2. The van der Waals surface area contributed by atoms with Gasteiger partial charge in [-0.2, -0.15) is 0 Å². The number of benzene rings is 4. The van der Waals surface area contributed by atoms with E-state index in [1.807, 2.05) is 0 Å². The molecule has 0 amide bonds. The van der Waals surface area contributed by atoms with Gasteiger partial charge in [-0.3, -0.25) is 29.4 Å². The maximum absolute atomic E-state index is 2.64. The Balaban J connectivity index is 0.000000120. The van der Waals surface area contributed by atoms with E-state index in [4.69, 9.17) is 0 Å². The van der Waals surface area contributed by atoms with Gasteiger partial charge in [-0.25, -0.2) is 0 Å². The molecule has 0 aromatic heterocycles. The molecule has 12 rings (SSSR count). The van der Waals surface area contributed by atoms with Gasteiger partial charge in [0.2, 0.25) is 0 Å². The normalized spacial score (nSPS) is 23.7. The maximum atomic E-state index is 2.64. The third-order valence-corrected chi connectivity index (χ3v) is 18.7. The van der Waals surface area contributed by atoms with Crippen LogP contribution in [0.15, 0.2) is 121 Å². The molecule has 0 saturated carbocycles. The van der Waals surface area contributed by atoms with E-state index in [9.17, 15) is 0 Å². The van der Waals surface area contributed by atoms with E-state index in [-0.39, 0.29) is 0 Å². The predicted molar refractivity (Wildman–Crippen MR) is 307 cm³/mol. The second-order valence-electron chi connectivity index (χ2n) is 26.1. The van der Waals surface area contributed by atoms with Crippen LogP contribution in [0.4, 0.5) is 0 Å². The molecular weight excluding hydrogens is 893 g/mol. The van der Waals surface area contributed by atoms with Crippen LogP contribution in [0.25, 0.3) is 0 Å². The monoisotopic (exact) mass is 991 g/mol. The molecule has 0 unspecified atom stereocenters. The second kappa shape index (κ2) is 24.3. The van der Waals surface area contributed by atoms with E-state index < -0.39 is 0 Å². The van der Waals surface area contributed by atoms with Crippen molar-refractivity contribution in [1.29, 1.82) is 0 Å². The number of piperidine rings is 2. The van der Waals surface area contributed by atoms with Gasteiger partial charge in [-0.15, -0.1) is 0 Å². The zero-order valence-corrected chi connectivity index (χ0v) is 47.1. The molecule has 4 aromatic rings. The van der Waals surface area contributed by atoms with Crippen molar-refractivity contribution in [3.05, 3.63) is 144 Å². The van der Waals surface area contributed by atoms with Gasteiger partial charge in [0.1, 0.15) is 0 Å². The third kappa shape index (κ3) is 14.3. The minimum atomic E-state index is 0.624. The Morgan fingerprint density at radius 1 is 0.274 bits per heavy atom. The molecule has 4 aromatic carbocycles. The molecule has 398 valence electrons. The molecule has 73 heavy (non-hydrogen) atoms. The topological polar surface area (TPSA) is 25.9 Å². The molecule has 0 atom stereocenters. The van der Waals surface area contributed by atoms with E-state index in [0.717, 1.165) is 44.3 Å². The van der Waals surface area contributed by atoms with Gasteiger partial charge in [0.05, 0.1) is 0 Å². The van der Waals surface area contributed by atoms with Crippen LogP contribution in [0.3, 0.4) is 0 Å². The molecule has 8 heteroatoms. The first kappa shape index (κ1) is 54.4. The molecule has 8 fully saturated rings. The molecule has 0 radical (unpaired) electrons. The first-order valence-electron chi connectivity index (χ1n) is 29.2. The average Bonchev–Trinajstić information content (AvgIpc) is 3.79. The lowest BCUT2D eigenvalue weighted by Crippen LogP contribution is -2.72. The van der Waals surface area contributed by atoms with Crippen molar-refractivity contribution in [1.82, 2.24) is 39.2 Å². The number of nitrogens with zero attached hydrogens (tertiary/aromatic N) is 8. The second-order valence-corrected chi connectivity index (χ2v) is 26.1. The fraction of sp³-hybridized carbons (Fsp3) is 0.631. The fourth-order valence-corrected chi connectivity index (χ4v) is 14.0. The Morgan fingerprint density at radius 3 is 0.890 bits per heavy atom. The highest BCUT2D eigenvalue weighted by Gasteiger charge is 2.52. The van der Waals surface area contributed by atoms with Crippen LogP contribution >= 0.6 is 0 Å². The molecule has 0 aliphatic carbocycles. The van der Waals surface area contributed by atoms with E-state index in [2.05, 4.69) is 216 Å². The summed E-state index contributed by atoms with van der Waals surface area (Å²) in [5.41, 5.74) is 8.40. The summed E-state index contributed by atoms with van der Waals surface area (Å²) in [6.45, 7) is 43.9. The first-order valence-corrected chi connectivity index (χ1v) is 29.2. The van der Waals surface area contributed by atoms with Gasteiger partial charge in [-0.05, 0) is 153 Å². The Labute approximate surface area is 445 Å². The Hall–Kier alpha value is -3.44. The highest BCUT2D eigenvalue weighted by Crippen LogP contribution is 2.44. The minimum absolute atomic E-state index is 0.624. The van der Waals surface area contributed by atoms with Crippen molar-refractivity contribution < 1.29 is 0 Å². The Kier molecular flexibility index (Phi) is 18.1. The van der Waals surface area contributed by atoms with Crippen LogP contribution in [0.1, 0.15) is 110 Å². The highest BCUT2D eigenvalue weighted by molar-refractivity contribution is 5.19. The summed E-state index contributed by atoms with van der Waals surface area (Å²) >= 11 is 0.